The molecule has 1 N–H and O–H groups in total. The van der Waals surface area contributed by atoms with Gasteiger partial charge in [-0.15, -0.1) is 0 Å². The molecule has 4 aromatic rings. The van der Waals surface area contributed by atoms with Gasteiger partial charge in [-0.2, -0.15) is 0 Å². The van der Waals surface area contributed by atoms with E-state index in [2.05, 4.69) is 73.6 Å². The molecule has 3 heterocycles. The molecule has 174 valence electrons. The maximum atomic E-state index is 13.1. The SMILES string of the molecule is CCc1nc2cc(Cl)ccn2c1C(=O)NCc1ccc2c(c1)CCN(Cc1ccc(Br)cc1)C2. The first kappa shape index (κ1) is 23.1. The van der Waals surface area contributed by atoms with Gasteiger partial charge in [0.2, 0.25) is 0 Å². The van der Waals surface area contributed by atoms with E-state index in [-0.39, 0.29) is 5.91 Å². The Bertz CT molecular complexity index is 1350. The largest absolute Gasteiger partial charge is 0.347 e. The number of rotatable bonds is 6. The number of pyridine rings is 1. The first-order chi connectivity index (χ1) is 16.5. The lowest BCUT2D eigenvalue weighted by molar-refractivity contribution is 0.0944. The zero-order chi connectivity index (χ0) is 23.7. The summed E-state index contributed by atoms with van der Waals surface area (Å²) < 4.78 is 2.92. The van der Waals surface area contributed by atoms with Gasteiger partial charge in [0.25, 0.3) is 5.91 Å². The van der Waals surface area contributed by atoms with Crippen molar-refractivity contribution >= 4 is 39.1 Å². The lowest BCUT2D eigenvalue weighted by Crippen LogP contribution is -2.30. The molecule has 5 nitrogen and oxygen atoms in total. The Kier molecular flexibility index (Phi) is 6.73. The summed E-state index contributed by atoms with van der Waals surface area (Å²) in [7, 11) is 0. The summed E-state index contributed by atoms with van der Waals surface area (Å²) in [6, 6.07) is 18.7. The van der Waals surface area contributed by atoms with Crippen LogP contribution < -0.4 is 5.32 Å². The Balaban J connectivity index is 1.25. The second-order valence-electron chi connectivity index (χ2n) is 8.71. The van der Waals surface area contributed by atoms with Crippen molar-refractivity contribution in [2.24, 2.45) is 0 Å². The number of nitrogens with zero attached hydrogens (tertiary/aromatic N) is 3. The molecule has 0 radical (unpaired) electrons. The molecule has 1 amide bonds. The number of hydrogen-bond donors (Lipinski definition) is 1. The number of imidazole rings is 1. The predicted octanol–water partition coefficient (Wildman–Crippen LogP) is 5.80. The van der Waals surface area contributed by atoms with E-state index >= 15 is 0 Å². The second-order valence-corrected chi connectivity index (χ2v) is 10.1. The van der Waals surface area contributed by atoms with Crippen LogP contribution >= 0.6 is 27.5 Å². The van der Waals surface area contributed by atoms with E-state index in [9.17, 15) is 4.79 Å². The molecule has 34 heavy (non-hydrogen) atoms. The topological polar surface area (TPSA) is 49.6 Å². The van der Waals surface area contributed by atoms with Gasteiger partial charge >= 0.3 is 0 Å². The third-order valence-electron chi connectivity index (χ3n) is 6.34. The molecule has 0 saturated heterocycles. The molecule has 0 bridgehead atoms. The van der Waals surface area contributed by atoms with Crippen LogP contribution in [-0.2, 0) is 32.5 Å². The normalized spacial score (nSPS) is 13.7. The van der Waals surface area contributed by atoms with Crippen LogP contribution in [0.2, 0.25) is 5.02 Å². The van der Waals surface area contributed by atoms with Crippen molar-refractivity contribution in [3.8, 4) is 0 Å². The quantitative estimate of drug-likeness (QED) is 0.338. The van der Waals surface area contributed by atoms with Gasteiger partial charge < -0.3 is 5.32 Å². The first-order valence-corrected chi connectivity index (χ1v) is 12.7. The molecular formula is C27H26BrClN4O. The minimum atomic E-state index is -0.120. The smallest absolute Gasteiger partial charge is 0.270 e. The highest BCUT2D eigenvalue weighted by atomic mass is 79.9. The fourth-order valence-electron chi connectivity index (χ4n) is 4.58. The predicted molar refractivity (Wildman–Crippen MR) is 139 cm³/mol. The van der Waals surface area contributed by atoms with Gasteiger partial charge in [0, 0.05) is 47.9 Å². The number of hydrogen-bond acceptors (Lipinski definition) is 3. The van der Waals surface area contributed by atoms with E-state index < -0.39 is 0 Å². The van der Waals surface area contributed by atoms with E-state index in [4.69, 9.17) is 11.6 Å². The Labute approximate surface area is 212 Å². The zero-order valence-electron chi connectivity index (χ0n) is 19.0. The van der Waals surface area contributed by atoms with Gasteiger partial charge in [0.15, 0.2) is 0 Å². The van der Waals surface area contributed by atoms with Crippen molar-refractivity contribution in [2.75, 3.05) is 6.54 Å². The molecule has 5 rings (SSSR count). The van der Waals surface area contributed by atoms with Crippen LogP contribution in [0.1, 0.15) is 45.4 Å². The van der Waals surface area contributed by atoms with Gasteiger partial charge in [-0.05, 0) is 53.3 Å². The molecule has 2 aromatic carbocycles. The Morgan fingerprint density at radius 1 is 1.09 bits per heavy atom. The van der Waals surface area contributed by atoms with Gasteiger partial charge in [-0.3, -0.25) is 14.1 Å². The molecule has 0 unspecified atom stereocenters. The van der Waals surface area contributed by atoms with E-state index in [1.54, 1.807) is 18.3 Å². The fourth-order valence-corrected chi connectivity index (χ4v) is 5.00. The number of halogens is 2. The van der Waals surface area contributed by atoms with Crippen LogP contribution in [-0.4, -0.2) is 26.7 Å². The summed E-state index contributed by atoms with van der Waals surface area (Å²) >= 11 is 9.60. The minimum absolute atomic E-state index is 0.120. The van der Waals surface area contributed by atoms with E-state index in [0.29, 0.717) is 29.3 Å². The second kappa shape index (κ2) is 9.90. The summed E-state index contributed by atoms with van der Waals surface area (Å²) in [5, 5.41) is 3.70. The molecule has 7 heteroatoms. The highest BCUT2D eigenvalue weighted by Crippen LogP contribution is 2.23. The summed E-state index contributed by atoms with van der Waals surface area (Å²) in [5.41, 5.74) is 7.22. The minimum Gasteiger partial charge on any atom is -0.347 e. The first-order valence-electron chi connectivity index (χ1n) is 11.5. The standard InChI is InChI=1S/C27H26BrClN4O/c1-2-24-26(33-12-10-23(29)14-25(33)31-24)27(34)30-15-19-3-6-21-17-32(11-9-20(21)13-19)16-18-4-7-22(28)8-5-18/h3-8,10,12-14H,2,9,11,15-17H2,1H3,(H,30,34). The fraction of sp³-hybridized carbons (Fsp3) is 0.259. The van der Waals surface area contributed by atoms with Crippen LogP contribution in [0.15, 0.2) is 65.3 Å². The number of aryl methyl sites for hydroxylation is 1. The summed E-state index contributed by atoms with van der Waals surface area (Å²) in [4.78, 5) is 20.1. The summed E-state index contributed by atoms with van der Waals surface area (Å²) in [6.07, 6.45) is 3.50. The molecule has 0 atom stereocenters. The van der Waals surface area contributed by atoms with Crippen LogP contribution in [0.3, 0.4) is 0 Å². The van der Waals surface area contributed by atoms with Crippen molar-refractivity contribution in [3.63, 3.8) is 0 Å². The number of carbonyl (C=O) groups is 1. The van der Waals surface area contributed by atoms with Crippen molar-refractivity contribution in [1.82, 2.24) is 19.6 Å². The molecule has 0 spiro atoms. The van der Waals surface area contributed by atoms with Gasteiger partial charge in [0.05, 0.1) is 5.69 Å². The monoisotopic (exact) mass is 536 g/mol. The Morgan fingerprint density at radius 2 is 1.88 bits per heavy atom. The molecule has 1 aliphatic rings. The lowest BCUT2D eigenvalue weighted by Gasteiger charge is -2.29. The van der Waals surface area contributed by atoms with Crippen LogP contribution in [0, 0.1) is 0 Å². The van der Waals surface area contributed by atoms with E-state index in [0.717, 1.165) is 41.8 Å². The van der Waals surface area contributed by atoms with Crippen molar-refractivity contribution in [3.05, 3.63) is 104 Å². The summed E-state index contributed by atoms with van der Waals surface area (Å²) in [6.45, 7) is 5.42. The van der Waals surface area contributed by atoms with Crippen LogP contribution in [0.25, 0.3) is 5.65 Å². The van der Waals surface area contributed by atoms with Crippen LogP contribution in [0.4, 0.5) is 0 Å². The maximum Gasteiger partial charge on any atom is 0.270 e. The Hall–Kier alpha value is -2.67. The highest BCUT2D eigenvalue weighted by Gasteiger charge is 2.20. The number of carbonyl (C=O) groups excluding carboxylic acids is 1. The lowest BCUT2D eigenvalue weighted by atomic mass is 9.97. The average molecular weight is 538 g/mol. The number of fused-ring (bicyclic) bond motifs is 2. The van der Waals surface area contributed by atoms with E-state index in [1.165, 1.54) is 16.7 Å². The average Bonchev–Trinajstić information content (AvgIpc) is 3.21. The van der Waals surface area contributed by atoms with Gasteiger partial charge in [0.1, 0.15) is 11.3 Å². The number of aromatic nitrogens is 2. The van der Waals surface area contributed by atoms with Gasteiger partial charge in [-0.25, -0.2) is 4.98 Å². The molecule has 0 fully saturated rings. The maximum absolute atomic E-state index is 13.1. The molecule has 0 aliphatic carbocycles. The van der Waals surface area contributed by atoms with Gasteiger partial charge in [-0.1, -0.05) is 64.8 Å². The number of amides is 1. The number of benzene rings is 2. The molecule has 0 saturated carbocycles. The van der Waals surface area contributed by atoms with Crippen molar-refractivity contribution in [1.29, 1.82) is 0 Å². The van der Waals surface area contributed by atoms with Crippen molar-refractivity contribution < 1.29 is 4.79 Å². The zero-order valence-corrected chi connectivity index (χ0v) is 21.4. The third kappa shape index (κ3) is 4.90. The van der Waals surface area contributed by atoms with E-state index in [1.807, 2.05) is 11.3 Å². The molecule has 2 aromatic heterocycles. The van der Waals surface area contributed by atoms with Crippen LogP contribution in [0.5, 0.6) is 0 Å². The van der Waals surface area contributed by atoms with Crippen molar-refractivity contribution in [2.45, 2.75) is 39.4 Å². The summed E-state index contributed by atoms with van der Waals surface area (Å²) in [5.74, 6) is -0.120. The Morgan fingerprint density at radius 3 is 2.68 bits per heavy atom. The number of nitrogens with one attached hydrogen (secondary N) is 1. The molecule has 1 aliphatic heterocycles. The highest BCUT2D eigenvalue weighted by molar-refractivity contribution is 9.10. The third-order valence-corrected chi connectivity index (χ3v) is 7.11. The molecular weight excluding hydrogens is 512 g/mol.